The highest BCUT2D eigenvalue weighted by Gasteiger charge is 2.51. The molecule has 3 atom stereocenters. The minimum atomic E-state index is -1.25. The number of ketones is 1. The SMILES string of the molecule is CCOC(=O)C1=C(N)N(c2ccccc2F)C2=C(C(=O)[C@H](C(=O)OCC)[C@@H](c3ccccc3)C2)[C@@H]1c1ccc(F)cc1. The lowest BCUT2D eigenvalue weighted by atomic mass is 9.67. The third-order valence-electron chi connectivity index (χ3n) is 7.60. The lowest BCUT2D eigenvalue weighted by molar-refractivity contribution is -0.152. The van der Waals surface area contributed by atoms with Crippen LogP contribution in [-0.4, -0.2) is 30.9 Å². The number of allylic oxidation sites excluding steroid dienone is 2. The van der Waals surface area contributed by atoms with Gasteiger partial charge in [0, 0.05) is 17.2 Å². The zero-order chi connectivity index (χ0) is 30.0. The van der Waals surface area contributed by atoms with Crippen molar-refractivity contribution in [2.24, 2.45) is 11.7 Å². The number of halogens is 2. The Bertz CT molecular complexity index is 1580. The monoisotopic (exact) mass is 572 g/mol. The Balaban J connectivity index is 1.83. The van der Waals surface area contributed by atoms with Crippen molar-refractivity contribution in [1.82, 2.24) is 0 Å². The fraction of sp³-hybridized carbons (Fsp3) is 0.242. The van der Waals surface area contributed by atoms with E-state index in [0.717, 1.165) is 0 Å². The maximum atomic E-state index is 15.4. The maximum absolute atomic E-state index is 15.4. The van der Waals surface area contributed by atoms with E-state index in [4.69, 9.17) is 15.2 Å². The average molecular weight is 573 g/mol. The van der Waals surface area contributed by atoms with E-state index in [0.29, 0.717) is 16.8 Å². The van der Waals surface area contributed by atoms with Crippen molar-refractivity contribution in [1.29, 1.82) is 0 Å². The number of benzene rings is 3. The first-order valence-corrected chi connectivity index (χ1v) is 13.7. The molecule has 0 unspecified atom stereocenters. The Hall–Kier alpha value is -4.79. The first-order chi connectivity index (χ1) is 20.3. The fourth-order valence-electron chi connectivity index (χ4n) is 5.85. The fourth-order valence-corrected chi connectivity index (χ4v) is 5.85. The van der Waals surface area contributed by atoms with Crippen LogP contribution in [0, 0.1) is 17.6 Å². The van der Waals surface area contributed by atoms with Gasteiger partial charge in [-0.1, -0.05) is 54.6 Å². The summed E-state index contributed by atoms with van der Waals surface area (Å²) in [4.78, 5) is 43.0. The van der Waals surface area contributed by atoms with Gasteiger partial charge in [0.05, 0.1) is 30.4 Å². The van der Waals surface area contributed by atoms with Crippen LogP contribution in [0.3, 0.4) is 0 Å². The van der Waals surface area contributed by atoms with Crippen molar-refractivity contribution in [2.45, 2.75) is 32.1 Å². The van der Waals surface area contributed by atoms with Crippen LogP contribution in [0.4, 0.5) is 14.5 Å². The van der Waals surface area contributed by atoms with Gasteiger partial charge in [-0.05, 0) is 55.7 Å². The van der Waals surface area contributed by atoms with Gasteiger partial charge in [-0.3, -0.25) is 14.5 Å². The lowest BCUT2D eigenvalue weighted by Gasteiger charge is -2.44. The molecule has 42 heavy (non-hydrogen) atoms. The molecule has 0 aromatic heterocycles. The Morgan fingerprint density at radius 1 is 0.881 bits per heavy atom. The van der Waals surface area contributed by atoms with Crippen LogP contribution in [-0.2, 0) is 23.9 Å². The number of ether oxygens (including phenoxy) is 2. The quantitative estimate of drug-likeness (QED) is 0.295. The smallest absolute Gasteiger partial charge is 0.338 e. The second kappa shape index (κ2) is 12.0. The summed E-state index contributed by atoms with van der Waals surface area (Å²) in [6, 6.07) is 20.2. The molecule has 0 amide bonds. The van der Waals surface area contributed by atoms with Gasteiger partial charge in [-0.2, -0.15) is 0 Å². The van der Waals surface area contributed by atoms with Gasteiger partial charge in [-0.15, -0.1) is 0 Å². The molecule has 0 spiro atoms. The highest BCUT2D eigenvalue weighted by molar-refractivity contribution is 6.14. The average Bonchev–Trinajstić information content (AvgIpc) is 2.98. The van der Waals surface area contributed by atoms with Crippen molar-refractivity contribution in [2.75, 3.05) is 18.1 Å². The molecule has 2 N–H and O–H groups in total. The van der Waals surface area contributed by atoms with Crippen LogP contribution < -0.4 is 10.6 Å². The third-order valence-corrected chi connectivity index (χ3v) is 7.60. The molecule has 0 radical (unpaired) electrons. The Kier molecular flexibility index (Phi) is 8.20. The molecule has 0 bridgehead atoms. The molecule has 2 aliphatic rings. The number of nitrogens with zero attached hydrogens (tertiary/aromatic N) is 1. The highest BCUT2D eigenvalue weighted by atomic mass is 19.1. The van der Waals surface area contributed by atoms with Gasteiger partial charge >= 0.3 is 11.9 Å². The van der Waals surface area contributed by atoms with Crippen LogP contribution in [0.15, 0.2) is 102 Å². The number of rotatable bonds is 7. The molecule has 9 heteroatoms. The zero-order valence-corrected chi connectivity index (χ0v) is 23.2. The number of para-hydroxylation sites is 1. The van der Waals surface area contributed by atoms with Gasteiger partial charge in [-0.25, -0.2) is 13.6 Å². The van der Waals surface area contributed by atoms with Gasteiger partial charge in [0.25, 0.3) is 0 Å². The molecule has 5 rings (SSSR count). The predicted molar refractivity (Wildman–Crippen MR) is 152 cm³/mol. The van der Waals surface area contributed by atoms with E-state index >= 15 is 4.39 Å². The summed E-state index contributed by atoms with van der Waals surface area (Å²) in [5, 5.41) is 0. The van der Waals surface area contributed by atoms with Gasteiger partial charge in [0.1, 0.15) is 23.4 Å². The topological polar surface area (TPSA) is 98.9 Å². The summed E-state index contributed by atoms with van der Waals surface area (Å²) >= 11 is 0. The van der Waals surface area contributed by atoms with E-state index in [-0.39, 0.29) is 42.3 Å². The van der Waals surface area contributed by atoms with Crippen LogP contribution in [0.25, 0.3) is 0 Å². The molecule has 0 fully saturated rings. The summed E-state index contributed by atoms with van der Waals surface area (Å²) in [6.45, 7) is 3.33. The van der Waals surface area contributed by atoms with Crippen LogP contribution >= 0.6 is 0 Å². The van der Waals surface area contributed by atoms with E-state index in [9.17, 15) is 18.8 Å². The summed E-state index contributed by atoms with van der Waals surface area (Å²) < 4.78 is 40.2. The number of nitrogens with two attached hydrogens (primary N) is 1. The summed E-state index contributed by atoms with van der Waals surface area (Å²) in [5.74, 6) is -6.42. The van der Waals surface area contributed by atoms with Crippen LogP contribution in [0.2, 0.25) is 0 Å². The van der Waals surface area contributed by atoms with Crippen molar-refractivity contribution < 1.29 is 32.6 Å². The number of esters is 2. The van der Waals surface area contributed by atoms with Crippen LogP contribution in [0.5, 0.6) is 0 Å². The Morgan fingerprint density at radius 3 is 2.17 bits per heavy atom. The normalized spacial score (nSPS) is 20.3. The number of Topliss-reactive ketones (excluding diaryl/α,β-unsaturated/α-hetero) is 1. The minimum absolute atomic E-state index is 0.00678. The first kappa shape index (κ1) is 28.7. The second-order valence-corrected chi connectivity index (χ2v) is 9.97. The highest BCUT2D eigenvalue weighted by Crippen LogP contribution is 2.51. The van der Waals surface area contributed by atoms with E-state index in [1.807, 2.05) is 18.2 Å². The van der Waals surface area contributed by atoms with Crippen molar-refractivity contribution >= 4 is 23.4 Å². The summed E-state index contributed by atoms with van der Waals surface area (Å²) in [5.41, 5.74) is 8.14. The van der Waals surface area contributed by atoms with Gasteiger partial charge in [0.2, 0.25) is 0 Å². The zero-order valence-electron chi connectivity index (χ0n) is 23.2. The molecule has 3 aromatic carbocycles. The van der Waals surface area contributed by atoms with Crippen molar-refractivity contribution in [3.63, 3.8) is 0 Å². The van der Waals surface area contributed by atoms with E-state index < -0.39 is 47.1 Å². The van der Waals surface area contributed by atoms with Gasteiger partial charge in [0.15, 0.2) is 5.78 Å². The predicted octanol–water partition coefficient (Wildman–Crippen LogP) is 5.49. The molecule has 1 aliphatic carbocycles. The van der Waals surface area contributed by atoms with Crippen molar-refractivity contribution in [3.05, 3.63) is 124 Å². The lowest BCUT2D eigenvalue weighted by Crippen LogP contribution is -2.46. The molecule has 3 aromatic rings. The number of hydrogen-bond donors (Lipinski definition) is 1. The molecular formula is C33H30F2N2O5. The Labute approximate surface area is 242 Å². The second-order valence-electron chi connectivity index (χ2n) is 9.97. The van der Waals surface area contributed by atoms with E-state index in [1.165, 1.54) is 47.4 Å². The third kappa shape index (κ3) is 5.06. The van der Waals surface area contributed by atoms with Crippen LogP contribution in [0.1, 0.15) is 43.2 Å². The molecule has 216 valence electrons. The molecular weight excluding hydrogens is 542 g/mol. The summed E-state index contributed by atoms with van der Waals surface area (Å²) in [6.07, 6.45) is 0.0946. The summed E-state index contributed by atoms with van der Waals surface area (Å²) in [7, 11) is 0. The minimum Gasteiger partial charge on any atom is -0.465 e. The molecule has 0 saturated carbocycles. The van der Waals surface area contributed by atoms with E-state index in [1.54, 1.807) is 32.0 Å². The molecule has 0 saturated heterocycles. The Morgan fingerprint density at radius 2 is 1.52 bits per heavy atom. The largest absolute Gasteiger partial charge is 0.465 e. The first-order valence-electron chi connectivity index (χ1n) is 13.7. The number of hydrogen-bond acceptors (Lipinski definition) is 7. The molecule has 7 nitrogen and oxygen atoms in total. The number of anilines is 1. The molecule has 1 heterocycles. The maximum Gasteiger partial charge on any atom is 0.338 e. The van der Waals surface area contributed by atoms with Gasteiger partial charge < -0.3 is 15.2 Å². The van der Waals surface area contributed by atoms with Crippen molar-refractivity contribution in [3.8, 4) is 0 Å². The number of carbonyl (C=O) groups is 3. The van der Waals surface area contributed by atoms with E-state index in [2.05, 4.69) is 0 Å². The standard InChI is InChI=1S/C33H30F2N2O5/c1-3-41-32(39)27-22(19-10-6-5-7-11-19)18-25-28(30(27)38)26(20-14-16-21(34)17-15-20)29(33(40)42-4-2)31(36)37(25)24-13-9-8-12-23(24)35/h5-17,22,26-27H,3-4,18,36H2,1-2H3/t22-,26+,27-/m1/s1. The number of carbonyl (C=O) groups excluding carboxylic acids is 3. The molecule has 1 aliphatic heterocycles.